The zero-order valence-electron chi connectivity index (χ0n) is 15.2. The molecule has 1 N–H and O–H groups in total. The fraction of sp³-hybridized carbons (Fsp3) is 0.409. The maximum absolute atomic E-state index is 12.7. The van der Waals surface area contributed by atoms with Gasteiger partial charge in [0.2, 0.25) is 0 Å². The first-order valence-corrected chi connectivity index (χ1v) is 11.3. The molecule has 0 unspecified atom stereocenters. The quantitative estimate of drug-likeness (QED) is 0.754. The number of hydrogen-bond acceptors (Lipinski definition) is 3. The van der Waals surface area contributed by atoms with E-state index in [4.69, 9.17) is 0 Å². The van der Waals surface area contributed by atoms with Crippen LogP contribution in [0.25, 0.3) is 6.08 Å². The summed E-state index contributed by atoms with van der Waals surface area (Å²) < 4.78 is 0. The number of aryl methyl sites for hydroxylation is 2. The molecule has 1 aromatic heterocycles. The average molecular weight is 384 g/mol. The van der Waals surface area contributed by atoms with Crippen molar-refractivity contribution in [2.45, 2.75) is 57.2 Å². The van der Waals surface area contributed by atoms with E-state index in [0.717, 1.165) is 23.5 Å². The Hall–Kier alpha value is -1.52. The Morgan fingerprint density at radius 1 is 1.15 bits per heavy atom. The van der Waals surface area contributed by atoms with Gasteiger partial charge in [-0.2, -0.15) is 0 Å². The number of carbonyl (C=O) groups is 1. The van der Waals surface area contributed by atoms with Gasteiger partial charge in [0.25, 0.3) is 5.91 Å². The van der Waals surface area contributed by atoms with Gasteiger partial charge >= 0.3 is 0 Å². The van der Waals surface area contributed by atoms with Crippen LogP contribution in [0.2, 0.25) is 0 Å². The van der Waals surface area contributed by atoms with E-state index in [0.29, 0.717) is 0 Å². The second kappa shape index (κ2) is 8.01. The minimum atomic E-state index is 0.0904. The van der Waals surface area contributed by atoms with E-state index >= 15 is 0 Å². The predicted molar refractivity (Wildman–Crippen MR) is 113 cm³/mol. The van der Waals surface area contributed by atoms with E-state index in [9.17, 15) is 4.79 Å². The van der Waals surface area contributed by atoms with Gasteiger partial charge in [0.15, 0.2) is 0 Å². The number of nitrogens with one attached hydrogen (secondary N) is 1. The van der Waals surface area contributed by atoms with Crippen molar-refractivity contribution >= 4 is 35.1 Å². The number of amides is 1. The van der Waals surface area contributed by atoms with Crippen LogP contribution in [0.3, 0.4) is 0 Å². The first-order chi connectivity index (χ1) is 12.7. The van der Waals surface area contributed by atoms with Crippen LogP contribution in [0, 0.1) is 0 Å². The van der Waals surface area contributed by atoms with E-state index in [1.54, 1.807) is 22.2 Å². The highest BCUT2D eigenvalue weighted by Gasteiger charge is 2.25. The predicted octanol–water partition coefficient (Wildman–Crippen LogP) is 5.35. The highest BCUT2D eigenvalue weighted by atomic mass is 32.2. The molecule has 0 fully saturated rings. The monoisotopic (exact) mass is 383 g/mol. The zero-order chi connectivity index (χ0) is 17.9. The molecule has 1 aliphatic heterocycles. The Labute approximate surface area is 164 Å². The van der Waals surface area contributed by atoms with Gasteiger partial charge in [-0.3, -0.25) is 4.79 Å². The second-order valence-corrected chi connectivity index (χ2v) is 9.40. The van der Waals surface area contributed by atoms with Crippen LogP contribution in [-0.4, -0.2) is 11.9 Å². The van der Waals surface area contributed by atoms with Crippen molar-refractivity contribution in [2.75, 3.05) is 0 Å². The molecular weight excluding hydrogens is 358 g/mol. The van der Waals surface area contributed by atoms with Crippen LogP contribution in [-0.2, 0) is 29.8 Å². The Kier molecular flexibility index (Phi) is 5.51. The topological polar surface area (TPSA) is 29.1 Å². The van der Waals surface area contributed by atoms with Gasteiger partial charge in [0, 0.05) is 21.5 Å². The van der Waals surface area contributed by atoms with Crippen LogP contribution >= 0.6 is 23.1 Å². The van der Waals surface area contributed by atoms with E-state index in [2.05, 4.69) is 42.6 Å². The fourth-order valence-corrected chi connectivity index (χ4v) is 6.31. The molecule has 2 heterocycles. The van der Waals surface area contributed by atoms with E-state index < -0.39 is 0 Å². The number of thioether (sulfide) groups is 1. The van der Waals surface area contributed by atoms with Crippen molar-refractivity contribution < 1.29 is 4.79 Å². The molecule has 1 atom stereocenters. The minimum absolute atomic E-state index is 0.0904. The number of thiophene rings is 1. The van der Waals surface area contributed by atoms with Gasteiger partial charge in [-0.25, -0.2) is 0 Å². The van der Waals surface area contributed by atoms with Gasteiger partial charge in [0.1, 0.15) is 0 Å². The van der Waals surface area contributed by atoms with Gasteiger partial charge in [0.05, 0.1) is 4.91 Å². The molecule has 136 valence electrons. The van der Waals surface area contributed by atoms with Gasteiger partial charge in [-0.15, -0.1) is 23.1 Å². The van der Waals surface area contributed by atoms with E-state index in [1.807, 2.05) is 17.4 Å². The van der Waals surface area contributed by atoms with Crippen LogP contribution in [0.4, 0.5) is 0 Å². The van der Waals surface area contributed by atoms with Crippen LogP contribution in [0.1, 0.15) is 52.6 Å². The minimum Gasteiger partial charge on any atom is -0.349 e. The van der Waals surface area contributed by atoms with E-state index in [1.165, 1.54) is 41.7 Å². The van der Waals surface area contributed by atoms with Crippen LogP contribution in [0.15, 0.2) is 35.2 Å². The molecular formula is C22H25NOS2. The number of hydrogen-bond donors (Lipinski definition) is 1. The summed E-state index contributed by atoms with van der Waals surface area (Å²) in [7, 11) is 0. The lowest BCUT2D eigenvalue weighted by atomic mass is 9.95. The first-order valence-electron chi connectivity index (χ1n) is 9.53. The zero-order valence-corrected chi connectivity index (χ0v) is 16.8. The third-order valence-electron chi connectivity index (χ3n) is 5.26. The summed E-state index contributed by atoms with van der Waals surface area (Å²) in [5, 5.41) is 3.19. The summed E-state index contributed by atoms with van der Waals surface area (Å²) in [6.07, 6.45) is 9.18. The smallest absolute Gasteiger partial charge is 0.257 e. The van der Waals surface area contributed by atoms with E-state index in [-0.39, 0.29) is 11.9 Å². The Bertz CT molecular complexity index is 822. The SMILES string of the molecule is C[C@H](CCc1ccccc1)NC(=O)C1=Cc2sc3c(c2CS1)CCCC3. The van der Waals surface area contributed by atoms with Gasteiger partial charge in [-0.1, -0.05) is 30.3 Å². The lowest BCUT2D eigenvalue weighted by Gasteiger charge is -2.18. The molecule has 1 aliphatic carbocycles. The Balaban J connectivity index is 1.38. The molecule has 4 rings (SSSR count). The number of fused-ring (bicyclic) bond motifs is 3. The summed E-state index contributed by atoms with van der Waals surface area (Å²) in [5.74, 6) is 1.05. The lowest BCUT2D eigenvalue weighted by Crippen LogP contribution is -2.33. The molecule has 0 radical (unpaired) electrons. The molecule has 0 saturated carbocycles. The summed E-state index contributed by atoms with van der Waals surface area (Å²) in [5.41, 5.74) is 4.42. The van der Waals surface area contributed by atoms with Crippen molar-refractivity contribution in [2.24, 2.45) is 0 Å². The normalized spacial score (nSPS) is 17.0. The van der Waals surface area contributed by atoms with Crippen molar-refractivity contribution in [1.29, 1.82) is 0 Å². The molecule has 2 aromatic rings. The van der Waals surface area contributed by atoms with Crippen molar-refractivity contribution in [1.82, 2.24) is 5.32 Å². The second-order valence-electron chi connectivity index (χ2n) is 7.25. The molecule has 2 nitrogen and oxygen atoms in total. The summed E-state index contributed by atoms with van der Waals surface area (Å²) in [4.78, 5) is 16.5. The maximum Gasteiger partial charge on any atom is 0.257 e. The Morgan fingerprint density at radius 2 is 1.96 bits per heavy atom. The highest BCUT2D eigenvalue weighted by Crippen LogP contribution is 2.42. The number of rotatable bonds is 5. The van der Waals surface area contributed by atoms with Crippen molar-refractivity contribution in [3.8, 4) is 0 Å². The largest absolute Gasteiger partial charge is 0.349 e. The summed E-state index contributed by atoms with van der Waals surface area (Å²) >= 11 is 3.62. The number of benzene rings is 1. The average Bonchev–Trinajstić information content (AvgIpc) is 3.05. The molecule has 0 spiro atoms. The highest BCUT2D eigenvalue weighted by molar-refractivity contribution is 8.03. The molecule has 0 saturated heterocycles. The molecule has 1 amide bonds. The fourth-order valence-electron chi connectivity index (χ4n) is 3.76. The van der Waals surface area contributed by atoms with Crippen LogP contribution < -0.4 is 5.32 Å². The summed E-state index contributed by atoms with van der Waals surface area (Å²) in [6, 6.07) is 10.7. The third kappa shape index (κ3) is 3.91. The molecule has 0 bridgehead atoms. The molecule has 1 aromatic carbocycles. The maximum atomic E-state index is 12.7. The van der Waals surface area contributed by atoms with Crippen molar-refractivity contribution in [3.63, 3.8) is 0 Å². The molecule has 26 heavy (non-hydrogen) atoms. The standard InChI is InChI=1S/C22H25NOS2/c1-15(11-12-16-7-3-2-4-8-16)23-22(24)21-13-20-18(14-25-21)17-9-5-6-10-19(17)26-20/h2-4,7-8,13,15H,5-6,9-12,14H2,1H3,(H,23,24)/t15-/m1/s1. The van der Waals surface area contributed by atoms with Crippen molar-refractivity contribution in [3.05, 3.63) is 61.7 Å². The Morgan fingerprint density at radius 3 is 2.81 bits per heavy atom. The van der Waals surface area contributed by atoms with Crippen LogP contribution in [0.5, 0.6) is 0 Å². The lowest BCUT2D eigenvalue weighted by molar-refractivity contribution is -0.117. The number of carbonyl (C=O) groups excluding carboxylic acids is 1. The van der Waals surface area contributed by atoms with Gasteiger partial charge < -0.3 is 5.32 Å². The first kappa shape index (κ1) is 17.9. The molecule has 4 heteroatoms. The van der Waals surface area contributed by atoms with Gasteiger partial charge in [-0.05, 0) is 68.2 Å². The summed E-state index contributed by atoms with van der Waals surface area (Å²) in [6.45, 7) is 2.10. The third-order valence-corrected chi connectivity index (χ3v) is 7.58. The molecule has 2 aliphatic rings.